The number of nitrogens with one attached hydrogen (secondary N) is 1. The number of rotatable bonds is 3. The van der Waals surface area contributed by atoms with Gasteiger partial charge in [0.1, 0.15) is 5.76 Å². The molecule has 0 aliphatic heterocycles. The quantitative estimate of drug-likeness (QED) is 0.783. The van der Waals surface area contributed by atoms with Crippen LogP contribution in [0.25, 0.3) is 5.69 Å². The summed E-state index contributed by atoms with van der Waals surface area (Å²) in [6, 6.07) is 7.97. The molecule has 1 N–H and O–H groups in total. The van der Waals surface area contributed by atoms with Gasteiger partial charge in [0.2, 0.25) is 0 Å². The molecular weight excluding hydrogens is 328 g/mol. The Labute approximate surface area is 152 Å². The van der Waals surface area contributed by atoms with Gasteiger partial charge in [0.15, 0.2) is 5.69 Å². The molecule has 0 saturated heterocycles. The van der Waals surface area contributed by atoms with Crippen LogP contribution in [0.2, 0.25) is 0 Å². The summed E-state index contributed by atoms with van der Waals surface area (Å²) in [5.41, 5.74) is 6.14. The van der Waals surface area contributed by atoms with E-state index >= 15 is 0 Å². The number of aromatic nitrogens is 3. The Morgan fingerprint density at radius 1 is 1.23 bits per heavy atom. The summed E-state index contributed by atoms with van der Waals surface area (Å²) < 4.78 is 7.00. The molecule has 2 aromatic heterocycles. The number of hydrogen-bond donors (Lipinski definition) is 1. The number of carbonyl (C=O) groups is 1. The van der Waals surface area contributed by atoms with Crippen LogP contribution in [-0.4, -0.2) is 20.8 Å². The summed E-state index contributed by atoms with van der Waals surface area (Å²) in [5.74, 6) is 0.417. The van der Waals surface area contributed by atoms with Gasteiger partial charge >= 0.3 is 0 Å². The fourth-order valence-electron chi connectivity index (χ4n) is 3.49. The predicted octanol–water partition coefficient (Wildman–Crippen LogP) is 3.59. The minimum Gasteiger partial charge on any atom is -0.361 e. The van der Waals surface area contributed by atoms with E-state index in [1.807, 2.05) is 10.9 Å². The number of benzene rings is 1. The Kier molecular flexibility index (Phi) is 4.11. The molecule has 1 amide bonds. The summed E-state index contributed by atoms with van der Waals surface area (Å²) >= 11 is 0. The van der Waals surface area contributed by atoms with Gasteiger partial charge < -0.3 is 9.84 Å². The van der Waals surface area contributed by atoms with Gasteiger partial charge in [0.05, 0.1) is 17.9 Å². The molecule has 0 radical (unpaired) electrons. The van der Waals surface area contributed by atoms with E-state index in [2.05, 4.69) is 47.6 Å². The predicted molar refractivity (Wildman–Crippen MR) is 97.4 cm³/mol. The van der Waals surface area contributed by atoms with E-state index in [1.54, 1.807) is 13.0 Å². The first-order valence-corrected chi connectivity index (χ1v) is 8.91. The first-order chi connectivity index (χ1) is 12.5. The number of fused-ring (bicyclic) bond motifs is 1. The minimum absolute atomic E-state index is 0.0523. The SMILES string of the molecule is Cc1cc(C(=O)N[C@H]2CCCc3c2cnn3-c2ccc(C)c(C)c2)no1. The van der Waals surface area contributed by atoms with Crippen LogP contribution in [0, 0.1) is 20.8 Å². The third-order valence-corrected chi connectivity index (χ3v) is 5.08. The van der Waals surface area contributed by atoms with E-state index in [1.165, 1.54) is 16.8 Å². The number of carbonyl (C=O) groups excluding carboxylic acids is 1. The van der Waals surface area contributed by atoms with E-state index in [4.69, 9.17) is 4.52 Å². The molecule has 2 heterocycles. The summed E-state index contributed by atoms with van der Waals surface area (Å²) in [7, 11) is 0. The maximum absolute atomic E-state index is 12.4. The highest BCUT2D eigenvalue weighted by Crippen LogP contribution is 2.31. The molecule has 3 aromatic rings. The summed E-state index contributed by atoms with van der Waals surface area (Å²) in [4.78, 5) is 12.4. The Balaban J connectivity index is 1.62. The average Bonchev–Trinajstić information content (AvgIpc) is 3.24. The fraction of sp³-hybridized carbons (Fsp3) is 0.350. The Morgan fingerprint density at radius 2 is 2.08 bits per heavy atom. The lowest BCUT2D eigenvalue weighted by atomic mass is 9.92. The molecule has 0 fully saturated rings. The van der Waals surface area contributed by atoms with E-state index in [0.29, 0.717) is 11.5 Å². The Bertz CT molecular complexity index is 970. The fourth-order valence-corrected chi connectivity index (χ4v) is 3.49. The lowest BCUT2D eigenvalue weighted by molar-refractivity contribution is 0.0923. The topological polar surface area (TPSA) is 73.0 Å². The van der Waals surface area contributed by atoms with Gasteiger partial charge in [-0.3, -0.25) is 4.79 Å². The molecule has 6 nitrogen and oxygen atoms in total. The first kappa shape index (κ1) is 16.6. The van der Waals surface area contributed by atoms with Gasteiger partial charge in [-0.05, 0) is 63.3 Å². The Hall–Kier alpha value is -2.89. The minimum atomic E-state index is -0.210. The molecule has 0 bridgehead atoms. The van der Waals surface area contributed by atoms with Gasteiger partial charge in [-0.25, -0.2) is 4.68 Å². The van der Waals surface area contributed by atoms with Gasteiger partial charge in [0.25, 0.3) is 5.91 Å². The van der Waals surface area contributed by atoms with Crippen LogP contribution in [0.4, 0.5) is 0 Å². The van der Waals surface area contributed by atoms with E-state index < -0.39 is 0 Å². The first-order valence-electron chi connectivity index (χ1n) is 8.91. The van der Waals surface area contributed by atoms with Crippen molar-refractivity contribution in [2.75, 3.05) is 0 Å². The van der Waals surface area contributed by atoms with Crippen molar-refractivity contribution < 1.29 is 9.32 Å². The molecule has 1 aliphatic carbocycles. The van der Waals surface area contributed by atoms with Crippen molar-refractivity contribution in [3.05, 3.63) is 64.3 Å². The van der Waals surface area contributed by atoms with Crippen LogP contribution < -0.4 is 5.32 Å². The molecule has 0 saturated carbocycles. The van der Waals surface area contributed by atoms with Crippen LogP contribution >= 0.6 is 0 Å². The van der Waals surface area contributed by atoms with Crippen LogP contribution in [0.15, 0.2) is 35.0 Å². The zero-order chi connectivity index (χ0) is 18.3. The molecule has 134 valence electrons. The molecule has 26 heavy (non-hydrogen) atoms. The standard InChI is InChI=1S/C20H22N4O2/c1-12-7-8-15(9-13(12)2)24-19-6-4-5-17(16(19)11-21-24)22-20(25)18-10-14(3)26-23-18/h7-11,17H,4-6H2,1-3H3,(H,22,25)/t17-/m0/s1. The third kappa shape index (κ3) is 2.92. The summed E-state index contributed by atoms with van der Waals surface area (Å²) in [6.07, 6.45) is 4.74. The highest BCUT2D eigenvalue weighted by molar-refractivity contribution is 5.92. The second-order valence-electron chi connectivity index (χ2n) is 6.97. The molecular formula is C20H22N4O2. The van der Waals surface area contributed by atoms with Crippen LogP contribution in [0.1, 0.15) is 57.5 Å². The lowest BCUT2D eigenvalue weighted by Crippen LogP contribution is -2.31. The third-order valence-electron chi connectivity index (χ3n) is 5.08. The van der Waals surface area contributed by atoms with E-state index in [9.17, 15) is 4.79 Å². The van der Waals surface area contributed by atoms with Gasteiger partial charge in [-0.15, -0.1) is 0 Å². The number of nitrogens with zero attached hydrogens (tertiary/aromatic N) is 3. The molecule has 4 rings (SSSR count). The summed E-state index contributed by atoms with van der Waals surface area (Å²) in [5, 5.41) is 11.5. The number of aryl methyl sites for hydroxylation is 3. The van der Waals surface area contributed by atoms with Gasteiger partial charge in [-0.2, -0.15) is 5.10 Å². The molecule has 0 unspecified atom stereocenters. The van der Waals surface area contributed by atoms with Crippen molar-refractivity contribution in [2.24, 2.45) is 0 Å². The van der Waals surface area contributed by atoms with Crippen molar-refractivity contribution in [1.82, 2.24) is 20.3 Å². The van der Waals surface area contributed by atoms with Crippen molar-refractivity contribution in [3.63, 3.8) is 0 Å². The number of hydrogen-bond acceptors (Lipinski definition) is 4. The molecule has 0 spiro atoms. The zero-order valence-corrected chi connectivity index (χ0v) is 15.2. The monoisotopic (exact) mass is 350 g/mol. The lowest BCUT2D eigenvalue weighted by Gasteiger charge is -2.24. The van der Waals surface area contributed by atoms with Gasteiger partial charge in [-0.1, -0.05) is 11.2 Å². The highest BCUT2D eigenvalue weighted by Gasteiger charge is 2.27. The second kappa shape index (κ2) is 6.44. The van der Waals surface area contributed by atoms with E-state index in [-0.39, 0.29) is 11.9 Å². The number of amides is 1. The second-order valence-corrected chi connectivity index (χ2v) is 6.97. The van der Waals surface area contributed by atoms with Crippen molar-refractivity contribution >= 4 is 5.91 Å². The van der Waals surface area contributed by atoms with Crippen LogP contribution in [0.3, 0.4) is 0 Å². The smallest absolute Gasteiger partial charge is 0.273 e. The van der Waals surface area contributed by atoms with Gasteiger partial charge in [0, 0.05) is 17.3 Å². The highest BCUT2D eigenvalue weighted by atomic mass is 16.5. The summed E-state index contributed by atoms with van der Waals surface area (Å²) in [6.45, 7) is 5.99. The molecule has 1 aliphatic rings. The maximum atomic E-state index is 12.4. The average molecular weight is 350 g/mol. The van der Waals surface area contributed by atoms with Crippen molar-refractivity contribution in [3.8, 4) is 5.69 Å². The van der Waals surface area contributed by atoms with Crippen LogP contribution in [0.5, 0.6) is 0 Å². The van der Waals surface area contributed by atoms with Crippen molar-refractivity contribution in [1.29, 1.82) is 0 Å². The molecule has 1 atom stereocenters. The largest absolute Gasteiger partial charge is 0.361 e. The normalized spacial score (nSPS) is 16.3. The molecule has 6 heteroatoms. The van der Waals surface area contributed by atoms with Crippen LogP contribution in [-0.2, 0) is 6.42 Å². The molecule has 1 aromatic carbocycles. The van der Waals surface area contributed by atoms with E-state index in [0.717, 1.165) is 30.5 Å². The zero-order valence-electron chi connectivity index (χ0n) is 15.2. The van der Waals surface area contributed by atoms with Crippen molar-refractivity contribution in [2.45, 2.75) is 46.1 Å². The Morgan fingerprint density at radius 3 is 2.81 bits per heavy atom. The maximum Gasteiger partial charge on any atom is 0.273 e.